The molecule has 0 spiro atoms. The van der Waals surface area contributed by atoms with Crippen molar-refractivity contribution in [1.82, 2.24) is 5.32 Å². The maximum atomic E-state index is 12.7. The van der Waals surface area contributed by atoms with Crippen molar-refractivity contribution in [2.45, 2.75) is 30.1 Å². The molecule has 1 heterocycles. The lowest BCUT2D eigenvalue weighted by molar-refractivity contribution is 0.138. The molecule has 1 saturated heterocycles. The number of hydrogen-bond donors (Lipinski definition) is 1. The smallest absolute Gasteiger partial charge is 0.407 e. The summed E-state index contributed by atoms with van der Waals surface area (Å²) in [5, 5.41) is 5.50. The van der Waals surface area contributed by atoms with Gasteiger partial charge in [0.2, 0.25) is 0 Å². The van der Waals surface area contributed by atoms with Crippen LogP contribution in [-0.2, 0) is 22.5 Å². The molecule has 0 saturated carbocycles. The molecule has 0 aromatic heterocycles. The van der Waals surface area contributed by atoms with Crippen LogP contribution in [0.15, 0.2) is 120 Å². The van der Waals surface area contributed by atoms with Gasteiger partial charge in [0.1, 0.15) is 6.61 Å². The van der Waals surface area contributed by atoms with Gasteiger partial charge >= 0.3 is 6.09 Å². The summed E-state index contributed by atoms with van der Waals surface area (Å²) in [6.07, 6.45) is 5.03. The van der Waals surface area contributed by atoms with Crippen molar-refractivity contribution >= 4 is 28.6 Å². The van der Waals surface area contributed by atoms with Crippen LogP contribution in [0.4, 0.5) is 4.79 Å². The lowest BCUT2D eigenvalue weighted by atomic mass is 9.95. The number of ether oxygens (including phenoxy) is 2. The normalized spacial score (nSPS) is 16.4. The van der Waals surface area contributed by atoms with Gasteiger partial charge in [-0.3, -0.25) is 0 Å². The Morgan fingerprint density at radius 2 is 1.57 bits per heavy atom. The Kier molecular flexibility index (Phi) is 8.57. The zero-order valence-electron chi connectivity index (χ0n) is 20.7. The number of rotatable bonds is 11. The van der Waals surface area contributed by atoms with E-state index in [2.05, 4.69) is 84.2 Å². The van der Waals surface area contributed by atoms with Crippen LogP contribution in [0.25, 0.3) is 10.8 Å². The summed E-state index contributed by atoms with van der Waals surface area (Å²) in [5.74, 6) is 0.955. The van der Waals surface area contributed by atoms with Gasteiger partial charge in [0.25, 0.3) is 0 Å². The van der Waals surface area contributed by atoms with Gasteiger partial charge in [0.15, 0.2) is 0 Å². The number of amides is 1. The molecule has 0 aliphatic carbocycles. The third-order valence-electron chi connectivity index (χ3n) is 6.41. The average Bonchev–Trinajstić information content (AvgIpc) is 3.79. The Labute approximate surface area is 222 Å². The molecule has 1 amide bonds. The van der Waals surface area contributed by atoms with Gasteiger partial charge in [-0.05, 0) is 40.5 Å². The predicted molar refractivity (Wildman–Crippen MR) is 151 cm³/mol. The second kappa shape index (κ2) is 12.6. The maximum Gasteiger partial charge on any atom is 0.407 e. The zero-order valence-corrected chi connectivity index (χ0v) is 21.5. The van der Waals surface area contributed by atoms with E-state index in [0.29, 0.717) is 5.75 Å². The molecule has 1 aliphatic heterocycles. The number of benzene rings is 4. The molecular weight excluding hydrogens is 478 g/mol. The molecule has 1 unspecified atom stereocenters. The summed E-state index contributed by atoms with van der Waals surface area (Å²) in [6.45, 7) is 1.03. The van der Waals surface area contributed by atoms with E-state index in [-0.39, 0.29) is 24.7 Å². The highest BCUT2D eigenvalue weighted by atomic mass is 32.2. The summed E-state index contributed by atoms with van der Waals surface area (Å²) in [4.78, 5) is 13.9. The molecule has 1 fully saturated rings. The first kappa shape index (κ1) is 25.1. The fourth-order valence-corrected chi connectivity index (χ4v) is 5.23. The number of alkyl carbamates (subject to hydrolysis) is 1. The van der Waals surface area contributed by atoms with E-state index in [1.54, 1.807) is 11.8 Å². The number of carbonyl (C=O) groups is 1. The minimum atomic E-state index is -0.417. The summed E-state index contributed by atoms with van der Waals surface area (Å²) >= 11 is 1.73. The third-order valence-corrected chi connectivity index (χ3v) is 7.52. The second-order valence-corrected chi connectivity index (χ2v) is 10.3. The fraction of sp³-hybridized carbons (Fsp3) is 0.219. The monoisotopic (exact) mass is 509 g/mol. The number of carbonyl (C=O) groups excluding carboxylic acids is 1. The summed E-state index contributed by atoms with van der Waals surface area (Å²) in [6, 6.07) is 34.8. The van der Waals surface area contributed by atoms with E-state index in [9.17, 15) is 4.79 Å². The fourth-order valence-electron chi connectivity index (χ4n) is 4.29. The molecule has 37 heavy (non-hydrogen) atoms. The number of nitrogens with one attached hydrogen (secondary N) is 1. The van der Waals surface area contributed by atoms with E-state index in [1.807, 2.05) is 36.4 Å². The van der Waals surface area contributed by atoms with Gasteiger partial charge in [-0.25, -0.2) is 4.79 Å². The van der Waals surface area contributed by atoms with Crippen LogP contribution in [0.5, 0.6) is 0 Å². The first-order valence-electron chi connectivity index (χ1n) is 12.7. The lowest BCUT2D eigenvalue weighted by Crippen LogP contribution is -2.35. The Hall–Kier alpha value is -3.54. The summed E-state index contributed by atoms with van der Waals surface area (Å²) in [5.41, 5.74) is 2.24. The molecule has 0 bridgehead atoms. The van der Waals surface area contributed by atoms with Crippen LogP contribution in [-0.4, -0.2) is 30.6 Å². The highest BCUT2D eigenvalue weighted by Gasteiger charge is 2.31. The highest BCUT2D eigenvalue weighted by Crippen LogP contribution is 2.27. The van der Waals surface area contributed by atoms with Gasteiger partial charge in [0, 0.05) is 16.6 Å². The molecule has 5 heteroatoms. The first-order valence-corrected chi connectivity index (χ1v) is 13.6. The van der Waals surface area contributed by atoms with Crippen LogP contribution < -0.4 is 5.32 Å². The molecule has 5 rings (SSSR count). The minimum absolute atomic E-state index is 0.184. The molecule has 1 aliphatic rings. The maximum absolute atomic E-state index is 12.7. The van der Waals surface area contributed by atoms with Crippen molar-refractivity contribution in [2.75, 3.05) is 12.4 Å². The molecule has 188 valence electrons. The van der Waals surface area contributed by atoms with Crippen molar-refractivity contribution in [1.29, 1.82) is 0 Å². The topological polar surface area (TPSA) is 50.9 Å². The van der Waals surface area contributed by atoms with Crippen LogP contribution in [0.3, 0.4) is 0 Å². The number of fused-ring (bicyclic) bond motifs is 1. The average molecular weight is 510 g/mol. The Balaban J connectivity index is 1.26. The SMILES string of the molecule is O=C(N[C@@H](/C=C/[C@@H](Cc1ccccc1)C1CO1)CSc1ccc2ccccc2c1)OCc1ccccc1. The van der Waals surface area contributed by atoms with E-state index < -0.39 is 6.09 Å². The van der Waals surface area contributed by atoms with Crippen LogP contribution in [0.1, 0.15) is 11.1 Å². The number of thioether (sulfide) groups is 1. The number of hydrogen-bond acceptors (Lipinski definition) is 4. The quantitative estimate of drug-likeness (QED) is 0.134. The highest BCUT2D eigenvalue weighted by molar-refractivity contribution is 7.99. The lowest BCUT2D eigenvalue weighted by Gasteiger charge is -2.17. The standard InChI is InChI=1S/C32H31NO3S/c34-32(36-21-25-11-5-2-6-12-25)33-29(23-37-30-18-16-26-13-7-8-14-27(26)20-30)17-15-28(31-22-35-31)19-24-9-3-1-4-10-24/h1-18,20,28-29,31H,19,21-23H2,(H,33,34)/b17-15+/t28-,29-,31?/m0/s1. The third kappa shape index (κ3) is 7.72. The predicted octanol–water partition coefficient (Wildman–Crippen LogP) is 7.04. The molecule has 4 aromatic rings. The van der Waals surface area contributed by atoms with Gasteiger partial charge in [0.05, 0.1) is 18.8 Å². The van der Waals surface area contributed by atoms with E-state index >= 15 is 0 Å². The zero-order chi connectivity index (χ0) is 25.3. The van der Waals surface area contributed by atoms with Crippen molar-refractivity contribution in [2.24, 2.45) is 5.92 Å². The first-order chi connectivity index (χ1) is 18.2. The number of epoxide rings is 1. The Morgan fingerprint density at radius 1 is 0.892 bits per heavy atom. The van der Waals surface area contributed by atoms with Crippen LogP contribution in [0.2, 0.25) is 0 Å². The molecule has 4 nitrogen and oxygen atoms in total. The molecule has 3 atom stereocenters. The van der Waals surface area contributed by atoms with Crippen LogP contribution >= 0.6 is 11.8 Å². The van der Waals surface area contributed by atoms with Crippen molar-refractivity contribution < 1.29 is 14.3 Å². The molecule has 4 aromatic carbocycles. The summed E-state index contributed by atoms with van der Waals surface area (Å²) in [7, 11) is 0. The van der Waals surface area contributed by atoms with Crippen molar-refractivity contribution in [3.8, 4) is 0 Å². The Bertz CT molecular complexity index is 1320. The van der Waals surface area contributed by atoms with Crippen molar-refractivity contribution in [3.05, 3.63) is 126 Å². The van der Waals surface area contributed by atoms with Crippen molar-refractivity contribution in [3.63, 3.8) is 0 Å². The van der Waals surface area contributed by atoms with Gasteiger partial charge < -0.3 is 14.8 Å². The van der Waals surface area contributed by atoms with E-state index in [1.165, 1.54) is 21.2 Å². The second-order valence-electron chi connectivity index (χ2n) is 9.24. The van der Waals surface area contributed by atoms with Gasteiger partial charge in [-0.2, -0.15) is 0 Å². The minimum Gasteiger partial charge on any atom is -0.445 e. The van der Waals surface area contributed by atoms with Gasteiger partial charge in [-0.15, -0.1) is 11.8 Å². The van der Waals surface area contributed by atoms with E-state index in [4.69, 9.17) is 9.47 Å². The molecule has 1 N–H and O–H groups in total. The van der Waals surface area contributed by atoms with E-state index in [0.717, 1.165) is 18.6 Å². The molecule has 0 radical (unpaired) electrons. The van der Waals surface area contributed by atoms with Gasteiger partial charge in [-0.1, -0.05) is 103 Å². The molecular formula is C32H31NO3S. The summed E-state index contributed by atoms with van der Waals surface area (Å²) < 4.78 is 11.2. The largest absolute Gasteiger partial charge is 0.445 e. The van der Waals surface area contributed by atoms with Crippen LogP contribution in [0, 0.1) is 5.92 Å². The Morgan fingerprint density at radius 3 is 2.30 bits per heavy atom.